The van der Waals surface area contributed by atoms with E-state index in [2.05, 4.69) is 62.5 Å². The Morgan fingerprint density at radius 2 is 1.69 bits per heavy atom. The van der Waals surface area contributed by atoms with E-state index in [0.717, 1.165) is 23.7 Å². The van der Waals surface area contributed by atoms with Gasteiger partial charge in [-0.25, -0.2) is 9.97 Å². The van der Waals surface area contributed by atoms with E-state index in [0.29, 0.717) is 12.5 Å². The summed E-state index contributed by atoms with van der Waals surface area (Å²) in [6.45, 7) is 1.41. The molecule has 26 heavy (non-hydrogen) atoms. The fourth-order valence-corrected chi connectivity index (χ4v) is 2.70. The third kappa shape index (κ3) is 4.47. The summed E-state index contributed by atoms with van der Waals surface area (Å²) in [5.41, 5.74) is 2.35. The van der Waals surface area contributed by atoms with Crippen LogP contribution in [-0.2, 0) is 13.1 Å². The van der Waals surface area contributed by atoms with Crippen molar-refractivity contribution in [3.63, 3.8) is 0 Å². The van der Waals surface area contributed by atoms with Crippen molar-refractivity contribution in [3.05, 3.63) is 72.1 Å². The molecule has 0 radical (unpaired) electrons. The molecule has 2 heterocycles. The van der Waals surface area contributed by atoms with Gasteiger partial charge in [0.05, 0.1) is 0 Å². The topological polar surface area (TPSA) is 57.2 Å². The zero-order chi connectivity index (χ0) is 18.4. The quantitative estimate of drug-likeness (QED) is 0.708. The molecule has 1 N–H and O–H groups in total. The van der Waals surface area contributed by atoms with Crippen molar-refractivity contribution in [2.24, 2.45) is 0 Å². The summed E-state index contributed by atoms with van der Waals surface area (Å²) in [6.07, 6.45) is 3.58. The molecule has 3 aromatic rings. The van der Waals surface area contributed by atoms with E-state index in [4.69, 9.17) is 0 Å². The highest BCUT2D eigenvalue weighted by atomic mass is 15.2. The SMILES string of the molecule is CN(C)c1ccnc(NCc2cccnc2N(C)Cc2ccccc2)n1. The van der Waals surface area contributed by atoms with Gasteiger partial charge in [0.1, 0.15) is 11.6 Å². The summed E-state index contributed by atoms with van der Waals surface area (Å²) in [5.74, 6) is 2.43. The van der Waals surface area contributed by atoms with Gasteiger partial charge in [-0.3, -0.25) is 0 Å². The molecular formula is C20H24N6. The zero-order valence-electron chi connectivity index (χ0n) is 15.4. The second-order valence-corrected chi connectivity index (χ2v) is 6.31. The first-order chi connectivity index (χ1) is 12.6. The maximum absolute atomic E-state index is 4.57. The second kappa shape index (κ2) is 8.29. The summed E-state index contributed by atoms with van der Waals surface area (Å²) in [5, 5.41) is 3.30. The van der Waals surface area contributed by atoms with Crippen LogP contribution >= 0.6 is 0 Å². The van der Waals surface area contributed by atoms with Crippen LogP contribution in [0.2, 0.25) is 0 Å². The molecule has 6 nitrogen and oxygen atoms in total. The van der Waals surface area contributed by atoms with Gasteiger partial charge >= 0.3 is 0 Å². The van der Waals surface area contributed by atoms with E-state index in [1.165, 1.54) is 5.56 Å². The highest BCUT2D eigenvalue weighted by Gasteiger charge is 2.10. The number of nitrogens with zero attached hydrogens (tertiary/aromatic N) is 5. The van der Waals surface area contributed by atoms with Gasteiger partial charge in [-0.2, -0.15) is 4.98 Å². The van der Waals surface area contributed by atoms with Gasteiger partial charge in [0.15, 0.2) is 0 Å². The van der Waals surface area contributed by atoms with Crippen LogP contribution in [0, 0.1) is 0 Å². The summed E-state index contributed by atoms with van der Waals surface area (Å²) in [4.78, 5) is 17.5. The molecule has 0 saturated carbocycles. The summed E-state index contributed by atoms with van der Waals surface area (Å²) < 4.78 is 0. The molecule has 2 aromatic heterocycles. The van der Waals surface area contributed by atoms with Crippen molar-refractivity contribution in [2.45, 2.75) is 13.1 Å². The maximum atomic E-state index is 4.57. The fraction of sp³-hybridized carbons (Fsp3) is 0.250. The van der Waals surface area contributed by atoms with Crippen molar-refractivity contribution in [2.75, 3.05) is 36.3 Å². The lowest BCUT2D eigenvalue weighted by Crippen LogP contribution is -2.20. The third-order valence-corrected chi connectivity index (χ3v) is 4.03. The van der Waals surface area contributed by atoms with Crippen LogP contribution in [0.3, 0.4) is 0 Å². The Hall–Kier alpha value is -3.15. The van der Waals surface area contributed by atoms with Crippen LogP contribution < -0.4 is 15.1 Å². The lowest BCUT2D eigenvalue weighted by atomic mass is 10.2. The molecule has 0 spiro atoms. The fourth-order valence-electron chi connectivity index (χ4n) is 2.70. The van der Waals surface area contributed by atoms with Gasteiger partial charge < -0.3 is 15.1 Å². The second-order valence-electron chi connectivity index (χ2n) is 6.31. The molecule has 0 saturated heterocycles. The van der Waals surface area contributed by atoms with E-state index >= 15 is 0 Å². The largest absolute Gasteiger partial charge is 0.363 e. The molecule has 1 aromatic carbocycles. The lowest BCUT2D eigenvalue weighted by Gasteiger charge is -2.21. The average molecular weight is 348 g/mol. The molecule has 134 valence electrons. The number of anilines is 3. The van der Waals surface area contributed by atoms with Gasteiger partial charge in [0, 0.05) is 52.2 Å². The van der Waals surface area contributed by atoms with Crippen LogP contribution in [0.1, 0.15) is 11.1 Å². The van der Waals surface area contributed by atoms with Crippen LogP contribution in [0.5, 0.6) is 0 Å². The van der Waals surface area contributed by atoms with Crippen molar-refractivity contribution in [3.8, 4) is 0 Å². The Kier molecular flexibility index (Phi) is 5.63. The number of rotatable bonds is 7. The summed E-state index contributed by atoms with van der Waals surface area (Å²) >= 11 is 0. The molecule has 6 heteroatoms. The highest BCUT2D eigenvalue weighted by Crippen LogP contribution is 2.19. The molecule has 0 fully saturated rings. The number of pyridine rings is 1. The van der Waals surface area contributed by atoms with Gasteiger partial charge in [-0.1, -0.05) is 36.4 Å². The molecule has 0 atom stereocenters. The van der Waals surface area contributed by atoms with Gasteiger partial charge in [0.25, 0.3) is 0 Å². The third-order valence-electron chi connectivity index (χ3n) is 4.03. The number of benzene rings is 1. The highest BCUT2D eigenvalue weighted by molar-refractivity contribution is 5.49. The smallest absolute Gasteiger partial charge is 0.224 e. The number of hydrogen-bond donors (Lipinski definition) is 1. The molecule has 3 rings (SSSR count). The molecule has 0 bridgehead atoms. The van der Waals surface area contributed by atoms with E-state index in [-0.39, 0.29) is 0 Å². The Balaban J connectivity index is 1.72. The van der Waals surface area contributed by atoms with E-state index in [1.807, 2.05) is 43.4 Å². The Labute approximate surface area is 154 Å². The first-order valence-corrected chi connectivity index (χ1v) is 8.56. The van der Waals surface area contributed by atoms with Gasteiger partial charge in [-0.15, -0.1) is 0 Å². The molecule has 0 unspecified atom stereocenters. The first kappa shape index (κ1) is 17.7. The molecule has 0 amide bonds. The standard InChI is InChI=1S/C20H24N6/c1-25(2)18-11-13-22-20(24-18)23-14-17-10-7-12-21-19(17)26(3)15-16-8-5-4-6-9-16/h4-13H,14-15H2,1-3H3,(H,22,23,24). The number of aromatic nitrogens is 3. The van der Waals surface area contributed by atoms with Crippen molar-refractivity contribution < 1.29 is 0 Å². The van der Waals surface area contributed by atoms with Crippen LogP contribution in [0.4, 0.5) is 17.6 Å². The van der Waals surface area contributed by atoms with E-state index < -0.39 is 0 Å². The first-order valence-electron chi connectivity index (χ1n) is 8.56. The minimum Gasteiger partial charge on any atom is -0.363 e. The Morgan fingerprint density at radius 3 is 2.46 bits per heavy atom. The molecule has 0 aliphatic carbocycles. The Morgan fingerprint density at radius 1 is 0.885 bits per heavy atom. The molecule has 0 aliphatic heterocycles. The van der Waals surface area contributed by atoms with Gasteiger partial charge in [0.2, 0.25) is 5.95 Å². The minimum atomic E-state index is 0.608. The lowest BCUT2D eigenvalue weighted by molar-refractivity contribution is 0.880. The summed E-state index contributed by atoms with van der Waals surface area (Å²) in [7, 11) is 5.98. The average Bonchev–Trinajstić information content (AvgIpc) is 2.67. The van der Waals surface area contributed by atoms with Gasteiger partial charge in [-0.05, 0) is 17.7 Å². The predicted molar refractivity (Wildman–Crippen MR) is 106 cm³/mol. The summed E-state index contributed by atoms with van der Waals surface area (Å²) in [6, 6.07) is 16.3. The predicted octanol–water partition coefficient (Wildman–Crippen LogP) is 3.19. The zero-order valence-corrected chi connectivity index (χ0v) is 15.4. The molecular weight excluding hydrogens is 324 g/mol. The molecule has 0 aliphatic rings. The number of hydrogen-bond acceptors (Lipinski definition) is 6. The Bertz CT molecular complexity index is 834. The van der Waals surface area contributed by atoms with Crippen LogP contribution in [0.15, 0.2) is 60.9 Å². The van der Waals surface area contributed by atoms with E-state index in [9.17, 15) is 0 Å². The van der Waals surface area contributed by atoms with Crippen LogP contribution in [-0.4, -0.2) is 36.1 Å². The van der Waals surface area contributed by atoms with Crippen molar-refractivity contribution in [1.29, 1.82) is 0 Å². The maximum Gasteiger partial charge on any atom is 0.224 e. The normalized spacial score (nSPS) is 10.4. The monoisotopic (exact) mass is 348 g/mol. The van der Waals surface area contributed by atoms with Crippen molar-refractivity contribution >= 4 is 17.6 Å². The minimum absolute atomic E-state index is 0.608. The van der Waals surface area contributed by atoms with E-state index in [1.54, 1.807) is 6.20 Å². The number of nitrogens with one attached hydrogen (secondary N) is 1. The van der Waals surface area contributed by atoms with Crippen LogP contribution in [0.25, 0.3) is 0 Å². The van der Waals surface area contributed by atoms with Crippen molar-refractivity contribution in [1.82, 2.24) is 15.0 Å².